The van der Waals surface area contributed by atoms with Crippen molar-refractivity contribution in [2.24, 2.45) is 0 Å². The van der Waals surface area contributed by atoms with E-state index in [0.717, 1.165) is 0 Å². The first-order chi connectivity index (χ1) is 16.5. The number of hydrogen-bond acceptors (Lipinski definition) is 12. The predicted molar refractivity (Wildman–Crippen MR) is 119 cm³/mol. The molecule has 198 valence electrons. The molecule has 4 aliphatic rings. The molecule has 4 rings (SSSR count). The summed E-state index contributed by atoms with van der Waals surface area (Å²) >= 11 is 0. The zero-order valence-electron chi connectivity index (χ0n) is 20.1. The van der Waals surface area contributed by atoms with Crippen LogP contribution in [-0.4, -0.2) is 165 Å². The van der Waals surface area contributed by atoms with Crippen LogP contribution in [0.5, 0.6) is 0 Å². The SMILES string of the molecule is CC1CN(C2OCCOCC2O)CCN(C2OCCOCC2O)CCN1C1OCCOCC1O. The minimum atomic E-state index is -0.783. The third-order valence-corrected chi connectivity index (χ3v) is 6.83. The van der Waals surface area contributed by atoms with Gasteiger partial charge in [-0.1, -0.05) is 0 Å². The van der Waals surface area contributed by atoms with Crippen LogP contribution in [0.3, 0.4) is 0 Å². The van der Waals surface area contributed by atoms with Gasteiger partial charge in [0.25, 0.3) is 0 Å². The Hall–Kier alpha value is -0.480. The van der Waals surface area contributed by atoms with E-state index in [9.17, 15) is 15.3 Å². The van der Waals surface area contributed by atoms with Crippen molar-refractivity contribution < 1.29 is 43.7 Å². The molecule has 0 aromatic heterocycles. The van der Waals surface area contributed by atoms with Gasteiger partial charge in [-0.05, 0) is 6.92 Å². The number of rotatable bonds is 3. The van der Waals surface area contributed by atoms with E-state index in [1.165, 1.54) is 0 Å². The van der Waals surface area contributed by atoms with Crippen LogP contribution in [0.4, 0.5) is 0 Å². The topological polar surface area (TPSA) is 126 Å². The summed E-state index contributed by atoms with van der Waals surface area (Å²) in [5.41, 5.74) is 0. The Morgan fingerprint density at radius 2 is 1.00 bits per heavy atom. The van der Waals surface area contributed by atoms with Gasteiger partial charge in [-0.15, -0.1) is 0 Å². The molecule has 0 bridgehead atoms. The maximum absolute atomic E-state index is 10.8. The Morgan fingerprint density at radius 1 is 0.559 bits per heavy atom. The van der Waals surface area contributed by atoms with Gasteiger partial charge in [-0.3, -0.25) is 14.7 Å². The van der Waals surface area contributed by atoms with Crippen LogP contribution in [0.1, 0.15) is 6.92 Å². The monoisotopic (exact) mass is 491 g/mol. The average Bonchev–Trinajstić information content (AvgIpc) is 3.24. The molecule has 0 spiro atoms. The molecule has 4 aliphatic heterocycles. The third-order valence-electron chi connectivity index (χ3n) is 6.83. The predicted octanol–water partition coefficient (Wildman–Crippen LogP) is -2.50. The highest BCUT2D eigenvalue weighted by Gasteiger charge is 2.39. The molecule has 0 aromatic rings. The fourth-order valence-electron chi connectivity index (χ4n) is 5.12. The van der Waals surface area contributed by atoms with E-state index in [2.05, 4.69) is 21.6 Å². The van der Waals surface area contributed by atoms with E-state index in [0.29, 0.717) is 72.4 Å². The van der Waals surface area contributed by atoms with Gasteiger partial charge < -0.3 is 43.7 Å². The molecule has 4 fully saturated rings. The summed E-state index contributed by atoms with van der Waals surface area (Å²) in [6.07, 6.45) is -3.88. The molecule has 4 saturated heterocycles. The molecule has 0 saturated carbocycles. The summed E-state index contributed by atoms with van der Waals surface area (Å²) in [4.78, 5) is 6.37. The zero-order valence-corrected chi connectivity index (χ0v) is 20.1. The van der Waals surface area contributed by atoms with Crippen molar-refractivity contribution in [3.05, 3.63) is 0 Å². The number of hydrogen-bond donors (Lipinski definition) is 3. The molecule has 12 nitrogen and oxygen atoms in total. The standard InChI is InChI=1S/C22H41N3O9/c1-16-12-24(21-18(27)14-30-7-10-33-21)3-2-23(20-17(26)13-29-6-9-32-20)4-5-25(16)22-19(28)15-31-8-11-34-22/h16-22,26-28H,2-15H2,1H3. The molecule has 0 amide bonds. The van der Waals surface area contributed by atoms with Gasteiger partial charge in [-0.25, -0.2) is 0 Å². The summed E-state index contributed by atoms with van der Waals surface area (Å²) in [6, 6.07) is -0.0130. The van der Waals surface area contributed by atoms with Crippen LogP contribution in [0.2, 0.25) is 0 Å². The third kappa shape index (κ3) is 6.84. The highest BCUT2D eigenvalue weighted by atomic mass is 16.6. The second kappa shape index (κ2) is 13.2. The fourth-order valence-corrected chi connectivity index (χ4v) is 5.12. The molecule has 0 aromatic carbocycles. The molecule has 12 heteroatoms. The van der Waals surface area contributed by atoms with E-state index in [1.807, 2.05) is 0 Å². The lowest BCUT2D eigenvalue weighted by atomic mass is 10.1. The van der Waals surface area contributed by atoms with Crippen LogP contribution in [0, 0.1) is 0 Å². The maximum Gasteiger partial charge on any atom is 0.139 e. The molecule has 4 heterocycles. The smallest absolute Gasteiger partial charge is 0.139 e. The molecular formula is C22H41N3O9. The highest BCUT2D eigenvalue weighted by molar-refractivity contribution is 4.87. The highest BCUT2D eigenvalue weighted by Crippen LogP contribution is 2.21. The summed E-state index contributed by atoms with van der Waals surface area (Å²) in [5, 5.41) is 32.2. The minimum Gasteiger partial charge on any atom is -0.387 e. The van der Waals surface area contributed by atoms with Crippen molar-refractivity contribution in [1.29, 1.82) is 0 Å². The van der Waals surface area contributed by atoms with E-state index in [-0.39, 0.29) is 25.9 Å². The minimum absolute atomic E-state index is 0.0130. The van der Waals surface area contributed by atoms with Crippen molar-refractivity contribution in [3.8, 4) is 0 Å². The van der Waals surface area contributed by atoms with Crippen LogP contribution < -0.4 is 0 Å². The van der Waals surface area contributed by atoms with E-state index < -0.39 is 37.0 Å². The van der Waals surface area contributed by atoms with Crippen molar-refractivity contribution in [2.75, 3.05) is 92.2 Å². The largest absolute Gasteiger partial charge is 0.387 e. The van der Waals surface area contributed by atoms with E-state index >= 15 is 0 Å². The lowest BCUT2D eigenvalue weighted by Crippen LogP contribution is -2.56. The number of aliphatic hydroxyl groups is 3. The average molecular weight is 492 g/mol. The van der Waals surface area contributed by atoms with Crippen LogP contribution in [0.25, 0.3) is 0 Å². The molecule has 34 heavy (non-hydrogen) atoms. The Bertz CT molecular complexity index is 606. The summed E-state index contributed by atoms with van der Waals surface area (Å²) in [7, 11) is 0. The Balaban J connectivity index is 1.57. The second-order valence-electron chi connectivity index (χ2n) is 9.33. The molecule has 7 atom stereocenters. The lowest BCUT2D eigenvalue weighted by Gasteiger charge is -2.40. The lowest BCUT2D eigenvalue weighted by molar-refractivity contribution is -0.145. The normalized spacial score (nSPS) is 41.5. The first kappa shape index (κ1) is 26.6. The van der Waals surface area contributed by atoms with Crippen molar-refractivity contribution in [3.63, 3.8) is 0 Å². The quantitative estimate of drug-likeness (QED) is 0.386. The van der Waals surface area contributed by atoms with Gasteiger partial charge in [-0.2, -0.15) is 0 Å². The summed E-state index contributed by atoms with van der Waals surface area (Å²) in [5.74, 6) is 0. The van der Waals surface area contributed by atoms with Gasteiger partial charge in [0.2, 0.25) is 0 Å². The fraction of sp³-hybridized carbons (Fsp3) is 1.00. The molecule has 7 unspecified atom stereocenters. The van der Waals surface area contributed by atoms with Crippen LogP contribution in [0.15, 0.2) is 0 Å². The summed E-state index contributed by atoms with van der Waals surface area (Å²) < 4.78 is 34.4. The number of ether oxygens (including phenoxy) is 6. The molecule has 0 radical (unpaired) electrons. The zero-order chi connectivity index (χ0) is 23.9. The maximum atomic E-state index is 10.8. The van der Waals surface area contributed by atoms with Gasteiger partial charge in [0.15, 0.2) is 0 Å². The Morgan fingerprint density at radius 3 is 1.59 bits per heavy atom. The van der Waals surface area contributed by atoms with Gasteiger partial charge in [0, 0.05) is 38.8 Å². The van der Waals surface area contributed by atoms with Gasteiger partial charge in [0.1, 0.15) is 37.0 Å². The number of aliphatic hydroxyl groups excluding tert-OH is 3. The van der Waals surface area contributed by atoms with E-state index in [4.69, 9.17) is 28.4 Å². The van der Waals surface area contributed by atoms with Crippen molar-refractivity contribution >= 4 is 0 Å². The van der Waals surface area contributed by atoms with Crippen LogP contribution in [-0.2, 0) is 28.4 Å². The van der Waals surface area contributed by atoms with Crippen LogP contribution >= 0.6 is 0 Å². The van der Waals surface area contributed by atoms with Crippen molar-refractivity contribution in [1.82, 2.24) is 14.7 Å². The Labute approximate surface area is 201 Å². The first-order valence-electron chi connectivity index (χ1n) is 12.4. The number of nitrogens with zero attached hydrogens (tertiary/aromatic N) is 3. The second-order valence-corrected chi connectivity index (χ2v) is 9.33. The summed E-state index contributed by atoms with van der Waals surface area (Å²) in [6.45, 7) is 8.29. The van der Waals surface area contributed by atoms with Gasteiger partial charge >= 0.3 is 0 Å². The Kier molecular flexibility index (Phi) is 10.3. The molecule has 0 aliphatic carbocycles. The first-order valence-corrected chi connectivity index (χ1v) is 12.4. The van der Waals surface area contributed by atoms with Crippen molar-refractivity contribution in [2.45, 2.75) is 50.0 Å². The molecule has 3 N–H and O–H groups in total. The van der Waals surface area contributed by atoms with Gasteiger partial charge in [0.05, 0.1) is 59.5 Å². The molecular weight excluding hydrogens is 450 g/mol. The van der Waals surface area contributed by atoms with E-state index in [1.54, 1.807) is 0 Å².